The molecule has 0 amide bonds. The predicted octanol–water partition coefficient (Wildman–Crippen LogP) is 3.81. The van der Waals surface area contributed by atoms with E-state index in [0.29, 0.717) is 27.4 Å². The maximum absolute atomic E-state index is 12.0. The molecule has 0 fully saturated rings. The number of nitrogens with zero attached hydrogens (tertiary/aromatic N) is 2. The number of azo groups is 1. The van der Waals surface area contributed by atoms with Gasteiger partial charge in [-0.2, -0.15) is 0 Å². The molecule has 2 rings (SSSR count). The summed E-state index contributed by atoms with van der Waals surface area (Å²) in [6.07, 6.45) is 4.88. The number of aliphatic carboxylic acids is 2. The van der Waals surface area contributed by atoms with E-state index in [1.807, 2.05) is 0 Å². The van der Waals surface area contributed by atoms with Crippen molar-refractivity contribution in [1.29, 1.82) is 0 Å². The minimum absolute atomic E-state index is 0.294. The normalized spacial score (nSPS) is 11.9. The summed E-state index contributed by atoms with van der Waals surface area (Å²) in [7, 11) is 0. The van der Waals surface area contributed by atoms with Crippen molar-refractivity contribution in [3.8, 4) is 0 Å². The molecule has 2 aromatic carbocycles. The van der Waals surface area contributed by atoms with Gasteiger partial charge in [0.05, 0.1) is 0 Å². The van der Waals surface area contributed by atoms with Crippen LogP contribution in [0.4, 0.5) is 11.4 Å². The number of benzene rings is 2. The molecule has 0 aliphatic heterocycles. The fourth-order valence-corrected chi connectivity index (χ4v) is 1.86. The number of carboxylic acid groups (broad SMARTS) is 2. The lowest BCUT2D eigenvalue weighted by Gasteiger charge is -2.01. The summed E-state index contributed by atoms with van der Waals surface area (Å²) in [5.74, 6) is -2.09. The lowest BCUT2D eigenvalue weighted by molar-refractivity contribution is -0.435. The van der Waals surface area contributed by atoms with E-state index in [9.17, 15) is 14.8 Å². The van der Waals surface area contributed by atoms with Crippen LogP contribution < -0.4 is 0 Å². The lowest BCUT2D eigenvalue weighted by atomic mass is 10.2. The molecule has 0 atom stereocenters. The number of hydrogen-bond acceptors (Lipinski definition) is 4. The van der Waals surface area contributed by atoms with E-state index in [2.05, 4.69) is 5.11 Å². The molecule has 0 saturated carbocycles. The fraction of sp³-hybridized carbons (Fsp3) is 0. The molecule has 0 aliphatic carbocycles. The van der Waals surface area contributed by atoms with Crippen LogP contribution in [0.3, 0.4) is 0 Å². The molecular weight excluding hydrogens is 324 g/mol. The Kier molecular flexibility index (Phi) is 5.78. The molecule has 7 nitrogen and oxygen atoms in total. The molecule has 2 aromatic rings. The Morgan fingerprint density at radius 1 is 0.840 bits per heavy atom. The first-order chi connectivity index (χ1) is 11.9. The lowest BCUT2D eigenvalue weighted by Crippen LogP contribution is -1.90. The zero-order valence-corrected chi connectivity index (χ0v) is 12.9. The summed E-state index contributed by atoms with van der Waals surface area (Å²) in [5, 5.41) is 33.1. The number of carboxylic acids is 2. The summed E-state index contributed by atoms with van der Waals surface area (Å²) in [4.78, 5) is 21.4. The van der Waals surface area contributed by atoms with E-state index < -0.39 is 11.9 Å². The first-order valence-electron chi connectivity index (χ1n) is 7.15. The molecule has 0 bridgehead atoms. The van der Waals surface area contributed by atoms with Crippen LogP contribution in [0.2, 0.25) is 0 Å². The van der Waals surface area contributed by atoms with Crippen LogP contribution in [0, 0.1) is 5.21 Å². The monoisotopic (exact) mass is 338 g/mol. The van der Waals surface area contributed by atoms with Crippen LogP contribution >= 0.6 is 0 Å². The predicted molar refractivity (Wildman–Crippen MR) is 91.6 cm³/mol. The highest BCUT2D eigenvalue weighted by Crippen LogP contribution is 2.19. The van der Waals surface area contributed by atoms with Crippen LogP contribution in [-0.2, 0) is 9.59 Å². The van der Waals surface area contributed by atoms with Gasteiger partial charge in [-0.15, -0.1) is 0 Å². The largest absolute Gasteiger partial charge is 0.594 e. The van der Waals surface area contributed by atoms with Crippen LogP contribution in [0.25, 0.3) is 12.2 Å². The highest BCUT2D eigenvalue weighted by molar-refractivity contribution is 5.85. The van der Waals surface area contributed by atoms with Crippen molar-refractivity contribution in [2.24, 2.45) is 5.11 Å². The molecule has 126 valence electrons. The number of carbonyl (C=O) groups is 2. The molecule has 0 spiro atoms. The molecule has 0 aliphatic rings. The third-order valence-corrected chi connectivity index (χ3v) is 3.05. The maximum Gasteiger partial charge on any atom is 0.328 e. The average Bonchev–Trinajstić information content (AvgIpc) is 2.59. The Bertz CT molecular complexity index is 850. The van der Waals surface area contributed by atoms with Crippen molar-refractivity contribution in [3.63, 3.8) is 0 Å². The first kappa shape index (κ1) is 17.6. The summed E-state index contributed by atoms with van der Waals surface area (Å²) in [6.45, 7) is 0. The van der Waals surface area contributed by atoms with Crippen molar-refractivity contribution < 1.29 is 24.7 Å². The Balaban J connectivity index is 2.12. The minimum Gasteiger partial charge on any atom is -0.594 e. The Morgan fingerprint density at radius 2 is 1.28 bits per heavy atom. The second-order valence-corrected chi connectivity index (χ2v) is 4.90. The standard InChI is InChI=1S/C18H14N2O5/c21-17(22)11-5-13-1-7-15(8-2-13)19-20(25)16-9-3-14(4-10-16)6-12-18(23)24/h1-12H,(H,21,22)(H,23,24)/b11-5-,12-6-,20-19?. The fourth-order valence-electron chi connectivity index (χ4n) is 1.86. The number of hydrogen-bond donors (Lipinski definition) is 2. The molecule has 0 unspecified atom stereocenters. The molecular formula is C18H14N2O5. The maximum atomic E-state index is 12.0. The van der Waals surface area contributed by atoms with Crippen molar-refractivity contribution in [3.05, 3.63) is 77.0 Å². The van der Waals surface area contributed by atoms with Crippen LogP contribution in [0.1, 0.15) is 11.1 Å². The zero-order chi connectivity index (χ0) is 18.2. The highest BCUT2D eigenvalue weighted by Gasteiger charge is 2.04. The van der Waals surface area contributed by atoms with E-state index >= 15 is 0 Å². The molecule has 7 heteroatoms. The van der Waals surface area contributed by atoms with E-state index in [4.69, 9.17) is 10.2 Å². The van der Waals surface area contributed by atoms with Gasteiger partial charge in [-0.3, -0.25) is 0 Å². The Morgan fingerprint density at radius 3 is 1.72 bits per heavy atom. The third-order valence-electron chi connectivity index (χ3n) is 3.05. The van der Waals surface area contributed by atoms with Crippen molar-refractivity contribution in [2.75, 3.05) is 0 Å². The Labute approximate surface area is 143 Å². The molecule has 0 saturated heterocycles. The van der Waals surface area contributed by atoms with Crippen LogP contribution in [0.15, 0.2) is 65.8 Å². The third kappa shape index (κ3) is 5.76. The second-order valence-electron chi connectivity index (χ2n) is 4.90. The summed E-state index contributed by atoms with van der Waals surface area (Å²) in [5.41, 5.74) is 2.03. The van der Waals surface area contributed by atoms with E-state index in [0.717, 1.165) is 12.2 Å². The SMILES string of the molecule is O=C(O)/C=C\c1ccc(N=[N+]([O-])c2ccc(/C=C\C(=O)O)cc2)cc1. The molecule has 0 aromatic heterocycles. The van der Waals surface area contributed by atoms with E-state index in [-0.39, 0.29) is 0 Å². The topological polar surface area (TPSA) is 113 Å². The zero-order valence-electron chi connectivity index (χ0n) is 12.9. The number of rotatable bonds is 6. The second kappa shape index (κ2) is 8.21. The van der Waals surface area contributed by atoms with E-state index in [1.54, 1.807) is 36.4 Å². The van der Waals surface area contributed by atoms with Gasteiger partial charge in [0, 0.05) is 29.4 Å². The molecule has 25 heavy (non-hydrogen) atoms. The van der Waals surface area contributed by atoms with Gasteiger partial charge in [-0.05, 0) is 47.5 Å². The molecule has 0 radical (unpaired) electrons. The van der Waals surface area contributed by atoms with Gasteiger partial charge in [-0.25, -0.2) is 9.59 Å². The van der Waals surface area contributed by atoms with Crippen LogP contribution in [0.5, 0.6) is 0 Å². The summed E-state index contributed by atoms with van der Waals surface area (Å²) in [6, 6.07) is 12.7. The van der Waals surface area contributed by atoms with Crippen LogP contribution in [-0.4, -0.2) is 27.0 Å². The Hall–Kier alpha value is -3.74. The van der Waals surface area contributed by atoms with Gasteiger partial charge in [0.15, 0.2) is 0 Å². The molecule has 2 N–H and O–H groups in total. The highest BCUT2D eigenvalue weighted by atomic mass is 16.5. The van der Waals surface area contributed by atoms with Gasteiger partial charge < -0.3 is 15.4 Å². The smallest absolute Gasteiger partial charge is 0.328 e. The van der Waals surface area contributed by atoms with Crippen molar-refractivity contribution >= 4 is 35.5 Å². The quantitative estimate of drug-likeness (QED) is 0.360. The van der Waals surface area contributed by atoms with Gasteiger partial charge >= 0.3 is 11.9 Å². The average molecular weight is 338 g/mol. The van der Waals surface area contributed by atoms with Gasteiger partial charge in [-0.1, -0.05) is 17.0 Å². The van der Waals surface area contributed by atoms with Gasteiger partial charge in [0.2, 0.25) is 5.69 Å². The summed E-state index contributed by atoms with van der Waals surface area (Å²) >= 11 is 0. The van der Waals surface area contributed by atoms with Gasteiger partial charge in [0.1, 0.15) is 5.69 Å². The molecule has 0 heterocycles. The van der Waals surface area contributed by atoms with Gasteiger partial charge in [0.25, 0.3) is 0 Å². The van der Waals surface area contributed by atoms with Crippen molar-refractivity contribution in [1.82, 2.24) is 0 Å². The first-order valence-corrected chi connectivity index (χ1v) is 7.15. The van der Waals surface area contributed by atoms with E-state index in [1.165, 1.54) is 24.3 Å². The van der Waals surface area contributed by atoms with Crippen molar-refractivity contribution in [2.45, 2.75) is 0 Å². The summed E-state index contributed by atoms with van der Waals surface area (Å²) < 4.78 is 0. The minimum atomic E-state index is -1.05.